The van der Waals surface area contributed by atoms with Crippen LogP contribution < -0.4 is 14.4 Å². The molecule has 2 amide bonds. The van der Waals surface area contributed by atoms with Crippen molar-refractivity contribution >= 4 is 27.5 Å². The largest absolute Gasteiger partial charge is 0.492 e. The van der Waals surface area contributed by atoms with Gasteiger partial charge in [0.05, 0.1) is 18.6 Å². The normalized spacial score (nSPS) is 14.5. The number of rotatable bonds is 13. The number of hydrogen-bond donors (Lipinski definition) is 1. The number of sulfonamides is 1. The van der Waals surface area contributed by atoms with Crippen LogP contribution in [0.15, 0.2) is 78.9 Å². The average molecular weight is 610 g/mol. The second-order valence-corrected chi connectivity index (χ2v) is 12.7. The maximum Gasteiger partial charge on any atom is 0.244 e. The van der Waals surface area contributed by atoms with Gasteiger partial charge in [0.2, 0.25) is 21.8 Å². The Morgan fingerprint density at radius 2 is 1.60 bits per heavy atom. The molecule has 0 aromatic heterocycles. The smallest absolute Gasteiger partial charge is 0.244 e. The molecule has 1 unspecified atom stereocenters. The summed E-state index contributed by atoms with van der Waals surface area (Å²) in [5.74, 6) is -1.20. The Bertz CT molecular complexity index is 1480. The van der Waals surface area contributed by atoms with Crippen LogP contribution in [0.2, 0.25) is 0 Å². The molecular weight excluding hydrogens is 569 g/mol. The van der Waals surface area contributed by atoms with Crippen molar-refractivity contribution < 1.29 is 27.1 Å². The third-order valence-corrected chi connectivity index (χ3v) is 8.76. The lowest BCUT2D eigenvalue weighted by atomic mass is 9.94. The van der Waals surface area contributed by atoms with Crippen LogP contribution in [0, 0.1) is 5.82 Å². The zero-order chi connectivity index (χ0) is 30.8. The zero-order valence-corrected chi connectivity index (χ0v) is 25.6. The predicted molar refractivity (Wildman–Crippen MR) is 166 cm³/mol. The number of nitrogens with zero attached hydrogens (tertiary/aromatic N) is 2. The summed E-state index contributed by atoms with van der Waals surface area (Å²) in [6.45, 7) is 1.26. The van der Waals surface area contributed by atoms with Crippen molar-refractivity contribution in [2.24, 2.45) is 0 Å². The number of para-hydroxylation sites is 2. The molecule has 3 aromatic rings. The van der Waals surface area contributed by atoms with Gasteiger partial charge in [0.25, 0.3) is 0 Å². The van der Waals surface area contributed by atoms with Crippen molar-refractivity contribution in [1.29, 1.82) is 0 Å². The Labute approximate surface area is 253 Å². The lowest BCUT2D eigenvalue weighted by Crippen LogP contribution is -2.55. The maximum absolute atomic E-state index is 15.0. The van der Waals surface area contributed by atoms with Gasteiger partial charge in [-0.15, -0.1) is 0 Å². The van der Waals surface area contributed by atoms with Crippen LogP contribution in [0.1, 0.15) is 50.2 Å². The molecule has 0 radical (unpaired) electrons. The Morgan fingerprint density at radius 1 is 0.953 bits per heavy atom. The number of carbonyl (C=O) groups excluding carboxylic acids is 2. The van der Waals surface area contributed by atoms with E-state index in [-0.39, 0.29) is 36.2 Å². The number of nitrogens with one attached hydrogen (secondary N) is 1. The summed E-state index contributed by atoms with van der Waals surface area (Å²) < 4.78 is 47.8. The minimum absolute atomic E-state index is 0.0180. The first kappa shape index (κ1) is 32.0. The second kappa shape index (κ2) is 15.0. The van der Waals surface area contributed by atoms with Crippen molar-refractivity contribution in [3.8, 4) is 5.75 Å². The van der Waals surface area contributed by atoms with Crippen LogP contribution in [-0.2, 0) is 32.6 Å². The molecule has 1 saturated carbocycles. The van der Waals surface area contributed by atoms with Crippen molar-refractivity contribution in [2.75, 3.05) is 23.7 Å². The summed E-state index contributed by atoms with van der Waals surface area (Å²) in [6, 6.07) is 20.9. The minimum Gasteiger partial charge on any atom is -0.492 e. The fraction of sp³-hybridized carbons (Fsp3) is 0.394. The van der Waals surface area contributed by atoms with Crippen LogP contribution in [0.4, 0.5) is 10.1 Å². The second-order valence-electron chi connectivity index (χ2n) is 10.8. The van der Waals surface area contributed by atoms with Crippen LogP contribution in [-0.4, -0.2) is 56.6 Å². The Morgan fingerprint density at radius 3 is 2.28 bits per heavy atom. The monoisotopic (exact) mass is 609 g/mol. The molecule has 230 valence electrons. The molecule has 3 aromatic carbocycles. The van der Waals surface area contributed by atoms with E-state index < -0.39 is 34.3 Å². The number of anilines is 1. The van der Waals surface area contributed by atoms with Crippen LogP contribution in [0.25, 0.3) is 0 Å². The summed E-state index contributed by atoms with van der Waals surface area (Å²) >= 11 is 0. The van der Waals surface area contributed by atoms with Crippen LogP contribution in [0.5, 0.6) is 5.75 Å². The van der Waals surface area contributed by atoms with Gasteiger partial charge in [-0.3, -0.25) is 13.9 Å². The molecule has 0 saturated heterocycles. The van der Waals surface area contributed by atoms with Crippen LogP contribution in [0.3, 0.4) is 0 Å². The van der Waals surface area contributed by atoms with E-state index in [0.29, 0.717) is 12.4 Å². The highest BCUT2D eigenvalue weighted by molar-refractivity contribution is 7.92. The first-order chi connectivity index (χ1) is 20.7. The minimum atomic E-state index is -3.96. The molecule has 0 spiro atoms. The van der Waals surface area contributed by atoms with Gasteiger partial charge >= 0.3 is 0 Å². The standard InChI is InChI=1S/C33H40FN3O5S/c1-3-42-31-21-13-12-20-29(31)37(43(2,40)41)24-32(38)36(23-26-16-10-11-19-28(26)34)30(22-25-14-6-4-7-15-25)33(39)35-27-17-8-5-9-18-27/h4,6-7,10-16,19-21,27,30H,3,5,8-9,17-18,22-24H2,1-2H3,(H,35,39). The number of ether oxygens (including phenoxy) is 1. The van der Waals surface area contributed by atoms with E-state index in [2.05, 4.69) is 5.32 Å². The molecule has 1 aliphatic carbocycles. The fourth-order valence-corrected chi connectivity index (χ4v) is 6.30. The van der Waals surface area contributed by atoms with Gasteiger partial charge in [0, 0.05) is 24.6 Å². The number of halogens is 1. The molecule has 1 atom stereocenters. The highest BCUT2D eigenvalue weighted by Gasteiger charge is 2.35. The van der Waals surface area contributed by atoms with Gasteiger partial charge in [-0.05, 0) is 43.5 Å². The third-order valence-electron chi connectivity index (χ3n) is 7.63. The number of hydrogen-bond acceptors (Lipinski definition) is 5. The third kappa shape index (κ3) is 8.79. The molecule has 4 rings (SSSR count). The first-order valence-electron chi connectivity index (χ1n) is 14.7. The first-order valence-corrected chi connectivity index (χ1v) is 16.6. The van der Waals surface area contributed by atoms with E-state index in [1.165, 1.54) is 11.0 Å². The maximum atomic E-state index is 15.0. The Kier molecular flexibility index (Phi) is 11.2. The highest BCUT2D eigenvalue weighted by atomic mass is 32.2. The molecule has 0 heterocycles. The van der Waals surface area contributed by atoms with E-state index in [1.807, 2.05) is 30.3 Å². The van der Waals surface area contributed by atoms with E-state index in [1.54, 1.807) is 49.4 Å². The molecule has 1 fully saturated rings. The summed E-state index contributed by atoms with van der Waals surface area (Å²) in [7, 11) is -3.96. The van der Waals surface area contributed by atoms with Gasteiger partial charge in [-0.25, -0.2) is 12.8 Å². The molecule has 1 N–H and O–H groups in total. The van der Waals surface area contributed by atoms with E-state index >= 15 is 0 Å². The molecule has 1 aliphatic rings. The topological polar surface area (TPSA) is 96.0 Å². The Hall–Kier alpha value is -3.92. The predicted octanol–water partition coefficient (Wildman–Crippen LogP) is 5.08. The highest BCUT2D eigenvalue weighted by Crippen LogP contribution is 2.30. The summed E-state index contributed by atoms with van der Waals surface area (Å²) in [6.07, 6.45) is 6.02. The lowest BCUT2D eigenvalue weighted by molar-refractivity contribution is -0.140. The van der Waals surface area contributed by atoms with Crippen molar-refractivity contribution in [3.05, 3.63) is 95.8 Å². The molecule has 43 heavy (non-hydrogen) atoms. The molecular formula is C33H40FN3O5S. The summed E-state index contributed by atoms with van der Waals surface area (Å²) in [5, 5.41) is 3.14. The Balaban J connectivity index is 1.75. The average Bonchev–Trinajstić information content (AvgIpc) is 2.99. The van der Waals surface area contributed by atoms with Gasteiger partial charge in [0.1, 0.15) is 24.2 Å². The molecule has 10 heteroatoms. The lowest BCUT2D eigenvalue weighted by Gasteiger charge is -2.35. The quantitative estimate of drug-likeness (QED) is 0.292. The zero-order valence-electron chi connectivity index (χ0n) is 24.7. The van der Waals surface area contributed by atoms with Gasteiger partial charge in [-0.1, -0.05) is 79.9 Å². The summed E-state index contributed by atoms with van der Waals surface area (Å²) in [4.78, 5) is 29.6. The van der Waals surface area contributed by atoms with Gasteiger partial charge in [0.15, 0.2) is 0 Å². The SMILES string of the molecule is CCOc1ccccc1N(CC(=O)N(Cc1ccccc1F)C(Cc1ccccc1)C(=O)NC1CCCCC1)S(C)(=O)=O. The number of amides is 2. The molecule has 0 bridgehead atoms. The van der Waals surface area contributed by atoms with Crippen LogP contribution >= 0.6 is 0 Å². The number of carbonyl (C=O) groups is 2. The van der Waals surface area contributed by atoms with Gasteiger partial charge in [-0.2, -0.15) is 0 Å². The van der Waals surface area contributed by atoms with E-state index in [0.717, 1.165) is 48.2 Å². The van der Waals surface area contributed by atoms with Crippen molar-refractivity contribution in [2.45, 2.75) is 64.1 Å². The number of benzene rings is 3. The van der Waals surface area contributed by atoms with E-state index in [4.69, 9.17) is 4.74 Å². The molecule has 0 aliphatic heterocycles. The van der Waals surface area contributed by atoms with Gasteiger partial charge < -0.3 is 15.0 Å². The van der Waals surface area contributed by atoms with E-state index in [9.17, 15) is 22.4 Å². The van der Waals surface area contributed by atoms with Crippen molar-refractivity contribution in [3.63, 3.8) is 0 Å². The summed E-state index contributed by atoms with van der Waals surface area (Å²) in [5.41, 5.74) is 1.25. The van der Waals surface area contributed by atoms with Crippen molar-refractivity contribution in [1.82, 2.24) is 10.2 Å². The molecule has 8 nitrogen and oxygen atoms in total. The fourth-order valence-electron chi connectivity index (χ4n) is 5.44.